The van der Waals surface area contributed by atoms with Crippen molar-refractivity contribution in [2.24, 2.45) is 5.73 Å². The number of carbonyl (C=O) groups excluding carboxylic acids is 1. The van der Waals surface area contributed by atoms with Crippen LogP contribution in [0.25, 0.3) is 0 Å². The van der Waals surface area contributed by atoms with E-state index in [0.29, 0.717) is 5.56 Å². The van der Waals surface area contributed by atoms with Crippen LogP contribution in [-0.2, 0) is 19.4 Å². The first-order valence-corrected chi connectivity index (χ1v) is 10.1. The first-order valence-electron chi connectivity index (χ1n) is 8.22. The number of sulfone groups is 1. The zero-order valence-electron chi connectivity index (χ0n) is 15.3. The van der Waals surface area contributed by atoms with E-state index >= 15 is 0 Å². The molecule has 2 aromatic rings. The van der Waals surface area contributed by atoms with Crippen LogP contribution in [0.5, 0.6) is 0 Å². The molecule has 3 N–H and O–H groups in total. The van der Waals surface area contributed by atoms with E-state index in [-0.39, 0.29) is 42.3 Å². The Hall–Kier alpha value is -1.93. The van der Waals surface area contributed by atoms with E-state index in [9.17, 15) is 13.2 Å². The molecule has 0 aromatic heterocycles. The second-order valence-electron chi connectivity index (χ2n) is 6.05. The lowest BCUT2D eigenvalue weighted by molar-refractivity contribution is -0.123. The standard InChI is InChI=1S/C19H24N2O4S.ClH/c1-25-16(13-20)12-18(22)21-19(14-7-4-3-5-8-14)15-9-6-10-17(11-15)26(2,23)24;/h3-11,16,19H,12-13,20H2,1-2H3,(H,21,22);1H. The molecular formula is C19H25ClN2O4S. The highest BCUT2D eigenvalue weighted by atomic mass is 35.5. The molecule has 6 nitrogen and oxygen atoms in total. The summed E-state index contributed by atoms with van der Waals surface area (Å²) < 4.78 is 28.9. The van der Waals surface area contributed by atoms with Gasteiger partial charge in [-0.15, -0.1) is 12.4 Å². The lowest BCUT2D eigenvalue weighted by Gasteiger charge is -2.22. The van der Waals surface area contributed by atoms with Gasteiger partial charge in [0, 0.05) is 19.9 Å². The van der Waals surface area contributed by atoms with Crippen LogP contribution in [0.15, 0.2) is 59.5 Å². The summed E-state index contributed by atoms with van der Waals surface area (Å²) in [7, 11) is -1.84. The van der Waals surface area contributed by atoms with Crippen LogP contribution in [0.2, 0.25) is 0 Å². The fraction of sp³-hybridized carbons (Fsp3) is 0.316. The van der Waals surface area contributed by atoms with Gasteiger partial charge in [0.15, 0.2) is 9.84 Å². The van der Waals surface area contributed by atoms with Crippen molar-refractivity contribution in [2.75, 3.05) is 19.9 Å². The molecule has 2 atom stereocenters. The molecule has 0 aliphatic carbocycles. The Balaban J connectivity index is 0.00000364. The second-order valence-corrected chi connectivity index (χ2v) is 8.07. The summed E-state index contributed by atoms with van der Waals surface area (Å²) in [5.74, 6) is -0.221. The summed E-state index contributed by atoms with van der Waals surface area (Å²) in [5.41, 5.74) is 7.12. The number of nitrogens with one attached hydrogen (secondary N) is 1. The van der Waals surface area contributed by atoms with Crippen LogP contribution < -0.4 is 11.1 Å². The summed E-state index contributed by atoms with van der Waals surface area (Å²) in [6, 6.07) is 15.5. The summed E-state index contributed by atoms with van der Waals surface area (Å²) >= 11 is 0. The van der Waals surface area contributed by atoms with Crippen LogP contribution in [0, 0.1) is 0 Å². The van der Waals surface area contributed by atoms with Gasteiger partial charge in [0.05, 0.1) is 23.5 Å². The van der Waals surface area contributed by atoms with E-state index in [1.807, 2.05) is 30.3 Å². The Morgan fingerprint density at radius 2 is 1.74 bits per heavy atom. The molecule has 0 fully saturated rings. The fourth-order valence-electron chi connectivity index (χ4n) is 2.62. The molecule has 0 radical (unpaired) electrons. The third-order valence-corrected chi connectivity index (χ3v) is 5.18. The van der Waals surface area contributed by atoms with Crippen LogP contribution in [-0.4, -0.2) is 40.3 Å². The molecule has 8 heteroatoms. The van der Waals surface area contributed by atoms with Gasteiger partial charge >= 0.3 is 0 Å². The molecule has 2 rings (SSSR count). The maximum Gasteiger partial charge on any atom is 0.223 e. The van der Waals surface area contributed by atoms with Crippen molar-refractivity contribution in [3.8, 4) is 0 Å². The van der Waals surface area contributed by atoms with Crippen molar-refractivity contribution in [2.45, 2.75) is 23.5 Å². The minimum absolute atomic E-state index is 0. The maximum atomic E-state index is 12.4. The molecule has 0 aliphatic rings. The molecule has 0 heterocycles. The van der Waals surface area contributed by atoms with Crippen molar-refractivity contribution in [3.63, 3.8) is 0 Å². The smallest absolute Gasteiger partial charge is 0.223 e. The van der Waals surface area contributed by atoms with Gasteiger partial charge < -0.3 is 15.8 Å². The number of hydrogen-bond acceptors (Lipinski definition) is 5. The summed E-state index contributed by atoms with van der Waals surface area (Å²) in [6.07, 6.45) is 0.920. The van der Waals surface area contributed by atoms with Gasteiger partial charge in [-0.1, -0.05) is 42.5 Å². The van der Waals surface area contributed by atoms with Gasteiger partial charge in [0.25, 0.3) is 0 Å². The minimum atomic E-state index is -3.35. The number of methoxy groups -OCH3 is 1. The lowest BCUT2D eigenvalue weighted by atomic mass is 9.98. The van der Waals surface area contributed by atoms with Crippen LogP contribution >= 0.6 is 12.4 Å². The fourth-order valence-corrected chi connectivity index (χ4v) is 3.29. The SMILES string of the molecule is COC(CN)CC(=O)NC(c1ccccc1)c1cccc(S(C)(=O)=O)c1.Cl. The summed E-state index contributed by atoms with van der Waals surface area (Å²) in [5, 5.41) is 2.96. The number of rotatable bonds is 8. The molecule has 0 bridgehead atoms. The predicted octanol–water partition coefficient (Wildman–Crippen LogP) is 2.08. The molecule has 2 aromatic carbocycles. The lowest BCUT2D eigenvalue weighted by Crippen LogP contribution is -2.34. The van der Waals surface area contributed by atoms with E-state index in [1.165, 1.54) is 13.2 Å². The van der Waals surface area contributed by atoms with Gasteiger partial charge in [0.2, 0.25) is 5.91 Å². The van der Waals surface area contributed by atoms with Gasteiger partial charge in [-0.3, -0.25) is 4.79 Å². The molecule has 0 saturated carbocycles. The Labute approximate surface area is 166 Å². The molecule has 2 unspecified atom stereocenters. The molecule has 27 heavy (non-hydrogen) atoms. The second kappa shape index (κ2) is 10.4. The van der Waals surface area contributed by atoms with E-state index in [0.717, 1.165) is 11.8 Å². The number of hydrogen-bond donors (Lipinski definition) is 2. The predicted molar refractivity (Wildman–Crippen MR) is 108 cm³/mol. The third kappa shape index (κ3) is 6.62. The Bertz CT molecular complexity index is 840. The Kier molecular flexibility index (Phi) is 8.92. The highest BCUT2D eigenvalue weighted by molar-refractivity contribution is 7.90. The minimum Gasteiger partial charge on any atom is -0.380 e. The number of carbonyl (C=O) groups is 1. The highest BCUT2D eigenvalue weighted by Crippen LogP contribution is 2.24. The average Bonchev–Trinajstić information content (AvgIpc) is 2.64. The number of nitrogens with two attached hydrogens (primary N) is 1. The topological polar surface area (TPSA) is 98.5 Å². The van der Waals surface area contributed by atoms with Gasteiger partial charge in [0.1, 0.15) is 0 Å². The Morgan fingerprint density at radius 3 is 2.30 bits per heavy atom. The quantitative estimate of drug-likeness (QED) is 0.691. The zero-order valence-corrected chi connectivity index (χ0v) is 16.9. The van der Waals surface area contributed by atoms with Crippen molar-refractivity contribution >= 4 is 28.2 Å². The zero-order chi connectivity index (χ0) is 19.2. The number of halogens is 1. The molecule has 0 aliphatic heterocycles. The largest absolute Gasteiger partial charge is 0.380 e. The van der Waals surface area contributed by atoms with Crippen molar-refractivity contribution < 1.29 is 17.9 Å². The van der Waals surface area contributed by atoms with Crippen molar-refractivity contribution in [3.05, 3.63) is 65.7 Å². The maximum absolute atomic E-state index is 12.4. The van der Waals surface area contributed by atoms with Crippen LogP contribution in [0.4, 0.5) is 0 Å². The Morgan fingerprint density at radius 1 is 1.11 bits per heavy atom. The number of ether oxygens (including phenoxy) is 1. The molecule has 0 saturated heterocycles. The third-order valence-electron chi connectivity index (χ3n) is 4.07. The van der Waals surface area contributed by atoms with E-state index in [1.54, 1.807) is 18.2 Å². The van der Waals surface area contributed by atoms with E-state index in [2.05, 4.69) is 5.32 Å². The van der Waals surface area contributed by atoms with E-state index < -0.39 is 15.9 Å². The average molecular weight is 413 g/mol. The van der Waals surface area contributed by atoms with Crippen LogP contribution in [0.3, 0.4) is 0 Å². The van der Waals surface area contributed by atoms with Gasteiger partial charge in [-0.25, -0.2) is 8.42 Å². The monoisotopic (exact) mass is 412 g/mol. The molecular weight excluding hydrogens is 388 g/mol. The first kappa shape index (κ1) is 23.1. The van der Waals surface area contributed by atoms with E-state index in [4.69, 9.17) is 10.5 Å². The summed E-state index contributed by atoms with van der Waals surface area (Å²) in [4.78, 5) is 12.7. The number of amides is 1. The van der Waals surface area contributed by atoms with Gasteiger partial charge in [-0.2, -0.15) is 0 Å². The van der Waals surface area contributed by atoms with Gasteiger partial charge in [-0.05, 0) is 23.3 Å². The number of benzene rings is 2. The van der Waals surface area contributed by atoms with Crippen molar-refractivity contribution in [1.29, 1.82) is 0 Å². The molecule has 1 amide bonds. The highest BCUT2D eigenvalue weighted by Gasteiger charge is 2.20. The first-order chi connectivity index (χ1) is 12.3. The molecule has 0 spiro atoms. The molecule has 148 valence electrons. The van der Waals surface area contributed by atoms with Crippen LogP contribution in [0.1, 0.15) is 23.6 Å². The normalized spacial score (nSPS) is 13.3. The summed E-state index contributed by atoms with van der Waals surface area (Å²) in [6.45, 7) is 0.240. The van der Waals surface area contributed by atoms with Crippen molar-refractivity contribution in [1.82, 2.24) is 5.32 Å².